The van der Waals surface area contributed by atoms with Crippen molar-refractivity contribution in [2.75, 3.05) is 0 Å². The summed E-state index contributed by atoms with van der Waals surface area (Å²) in [5, 5.41) is 6.23. The highest BCUT2D eigenvalue weighted by atomic mass is 16.5. The predicted molar refractivity (Wildman–Crippen MR) is 73.2 cm³/mol. The number of rotatable bonds is 7. The molecule has 0 aliphatic rings. The molecule has 1 atom stereocenters. The Kier molecular flexibility index (Phi) is 4.70. The van der Waals surface area contributed by atoms with Crippen molar-refractivity contribution >= 4 is 11.8 Å². The van der Waals surface area contributed by atoms with Crippen LogP contribution in [0.1, 0.15) is 35.3 Å². The number of nitrogens with zero attached hydrogens (tertiary/aromatic N) is 2. The summed E-state index contributed by atoms with van der Waals surface area (Å²) >= 11 is 0. The Morgan fingerprint density at radius 3 is 2.95 bits per heavy atom. The van der Waals surface area contributed by atoms with Crippen LogP contribution < -0.4 is 11.1 Å². The second-order valence-corrected chi connectivity index (χ2v) is 4.64. The van der Waals surface area contributed by atoms with Crippen LogP contribution in [-0.2, 0) is 17.6 Å². The van der Waals surface area contributed by atoms with Gasteiger partial charge in [0.1, 0.15) is 11.8 Å². The number of imidazole rings is 1. The van der Waals surface area contributed by atoms with E-state index < -0.39 is 17.9 Å². The van der Waals surface area contributed by atoms with E-state index in [0.717, 1.165) is 6.42 Å². The van der Waals surface area contributed by atoms with Crippen LogP contribution in [0.2, 0.25) is 0 Å². The molecular weight excluding hydrogens is 274 g/mol. The molecule has 8 heteroatoms. The zero-order valence-electron chi connectivity index (χ0n) is 11.6. The number of aromatic amines is 1. The number of aryl methyl sites for hydroxylation is 1. The van der Waals surface area contributed by atoms with Gasteiger partial charge in [-0.3, -0.25) is 9.59 Å². The van der Waals surface area contributed by atoms with Crippen LogP contribution in [0.5, 0.6) is 0 Å². The lowest BCUT2D eigenvalue weighted by molar-refractivity contribution is -0.119. The van der Waals surface area contributed by atoms with E-state index in [9.17, 15) is 9.59 Å². The highest BCUT2D eigenvalue weighted by molar-refractivity contribution is 5.95. The summed E-state index contributed by atoms with van der Waals surface area (Å²) in [6.07, 6.45) is 4.88. The van der Waals surface area contributed by atoms with Crippen LogP contribution in [0, 0.1) is 0 Å². The summed E-state index contributed by atoms with van der Waals surface area (Å²) in [5.74, 6) is -0.494. The van der Waals surface area contributed by atoms with Crippen molar-refractivity contribution < 1.29 is 14.1 Å². The molecule has 2 aromatic rings. The molecule has 0 aromatic carbocycles. The predicted octanol–water partition coefficient (Wildman–Crippen LogP) is 0.177. The van der Waals surface area contributed by atoms with E-state index in [2.05, 4.69) is 20.4 Å². The van der Waals surface area contributed by atoms with E-state index in [1.54, 1.807) is 12.3 Å². The van der Waals surface area contributed by atoms with Crippen LogP contribution in [-0.4, -0.2) is 33.0 Å². The Balaban J connectivity index is 2.01. The summed E-state index contributed by atoms with van der Waals surface area (Å²) in [5.41, 5.74) is 6.13. The van der Waals surface area contributed by atoms with Crippen molar-refractivity contribution in [1.82, 2.24) is 20.4 Å². The van der Waals surface area contributed by atoms with Gasteiger partial charge in [0, 0.05) is 30.8 Å². The first-order chi connectivity index (χ1) is 10.1. The van der Waals surface area contributed by atoms with Crippen molar-refractivity contribution in [1.29, 1.82) is 0 Å². The number of H-pyrrole nitrogens is 1. The fourth-order valence-electron chi connectivity index (χ4n) is 1.86. The minimum absolute atomic E-state index is 0.134. The second-order valence-electron chi connectivity index (χ2n) is 4.64. The maximum absolute atomic E-state index is 12.0. The van der Waals surface area contributed by atoms with Crippen LogP contribution in [0.3, 0.4) is 0 Å². The third-order valence-electron chi connectivity index (χ3n) is 2.92. The molecule has 0 aliphatic carbocycles. The lowest BCUT2D eigenvalue weighted by Gasteiger charge is -2.13. The van der Waals surface area contributed by atoms with E-state index >= 15 is 0 Å². The van der Waals surface area contributed by atoms with Gasteiger partial charge in [0.05, 0.1) is 6.33 Å². The zero-order valence-corrected chi connectivity index (χ0v) is 11.6. The zero-order chi connectivity index (χ0) is 15.2. The maximum atomic E-state index is 12.0. The topological polar surface area (TPSA) is 127 Å². The normalized spacial score (nSPS) is 12.0. The monoisotopic (exact) mass is 291 g/mol. The molecule has 0 aliphatic heterocycles. The number of hydrogen-bond acceptors (Lipinski definition) is 5. The Labute approximate surface area is 121 Å². The molecular formula is C13H17N5O3. The van der Waals surface area contributed by atoms with Crippen molar-refractivity contribution in [3.8, 4) is 0 Å². The van der Waals surface area contributed by atoms with Gasteiger partial charge >= 0.3 is 0 Å². The molecule has 8 nitrogen and oxygen atoms in total. The van der Waals surface area contributed by atoms with Crippen LogP contribution in [0.15, 0.2) is 23.1 Å². The third-order valence-corrected chi connectivity index (χ3v) is 2.92. The van der Waals surface area contributed by atoms with Gasteiger partial charge in [-0.25, -0.2) is 4.98 Å². The standard InChI is InChI=1S/C13H17N5O3/c1-2-3-9-5-11(18-21-9)13(20)17-10(12(14)19)4-8-6-15-7-16-8/h5-7,10H,2-4H2,1H3,(H2,14,19)(H,15,16)(H,17,20)/t10-/m0/s1. The third kappa shape index (κ3) is 3.91. The van der Waals surface area contributed by atoms with Gasteiger partial charge in [-0.2, -0.15) is 0 Å². The summed E-state index contributed by atoms with van der Waals surface area (Å²) in [7, 11) is 0. The lowest BCUT2D eigenvalue weighted by Crippen LogP contribution is -2.46. The van der Waals surface area contributed by atoms with E-state index in [0.29, 0.717) is 17.9 Å². The molecule has 2 aromatic heterocycles. The highest BCUT2D eigenvalue weighted by Gasteiger charge is 2.22. The fraction of sp³-hybridized carbons (Fsp3) is 0.385. The van der Waals surface area contributed by atoms with Crippen molar-refractivity contribution in [2.24, 2.45) is 5.73 Å². The Morgan fingerprint density at radius 2 is 2.33 bits per heavy atom. The Morgan fingerprint density at radius 1 is 1.52 bits per heavy atom. The molecule has 0 radical (unpaired) electrons. The smallest absolute Gasteiger partial charge is 0.274 e. The number of nitrogens with two attached hydrogens (primary N) is 1. The second kappa shape index (κ2) is 6.69. The molecule has 2 rings (SSSR count). The number of carbonyl (C=O) groups excluding carboxylic acids is 2. The molecule has 0 fully saturated rings. The van der Waals surface area contributed by atoms with Crippen molar-refractivity contribution in [3.63, 3.8) is 0 Å². The van der Waals surface area contributed by atoms with E-state index in [-0.39, 0.29) is 12.1 Å². The molecule has 4 N–H and O–H groups in total. The number of hydrogen-bond donors (Lipinski definition) is 3. The van der Waals surface area contributed by atoms with Gasteiger partial charge in [0.25, 0.3) is 5.91 Å². The van der Waals surface area contributed by atoms with Gasteiger partial charge in [-0.15, -0.1) is 0 Å². The van der Waals surface area contributed by atoms with Crippen molar-refractivity contribution in [3.05, 3.63) is 35.7 Å². The summed E-state index contributed by atoms with van der Waals surface area (Å²) < 4.78 is 5.03. The molecule has 0 spiro atoms. The Hall–Kier alpha value is -2.64. The summed E-state index contributed by atoms with van der Waals surface area (Å²) in [4.78, 5) is 30.2. The largest absolute Gasteiger partial charge is 0.368 e. The highest BCUT2D eigenvalue weighted by Crippen LogP contribution is 2.07. The molecule has 0 bridgehead atoms. The Bertz CT molecular complexity index is 605. The first-order valence-corrected chi connectivity index (χ1v) is 6.63. The van der Waals surface area contributed by atoms with E-state index in [1.165, 1.54) is 6.33 Å². The number of carbonyl (C=O) groups is 2. The van der Waals surface area contributed by atoms with Crippen LogP contribution >= 0.6 is 0 Å². The SMILES string of the molecule is CCCc1cc(C(=O)N[C@@H](Cc2cnc[nH]2)C(N)=O)no1. The molecule has 0 unspecified atom stereocenters. The van der Waals surface area contributed by atoms with Gasteiger partial charge in [0.15, 0.2) is 5.69 Å². The molecule has 0 saturated carbocycles. The molecule has 0 saturated heterocycles. The summed E-state index contributed by atoms with van der Waals surface area (Å²) in [6.45, 7) is 2.00. The molecule has 112 valence electrons. The number of nitrogens with one attached hydrogen (secondary N) is 2. The average molecular weight is 291 g/mol. The molecule has 21 heavy (non-hydrogen) atoms. The first kappa shape index (κ1) is 14.8. The quantitative estimate of drug-likeness (QED) is 0.670. The van der Waals surface area contributed by atoms with E-state index in [1.807, 2.05) is 6.92 Å². The van der Waals surface area contributed by atoms with Crippen LogP contribution in [0.4, 0.5) is 0 Å². The van der Waals surface area contributed by atoms with Gasteiger partial charge < -0.3 is 20.6 Å². The number of primary amides is 1. The summed E-state index contributed by atoms with van der Waals surface area (Å²) in [6, 6.07) is 0.719. The molecule has 2 heterocycles. The number of aromatic nitrogens is 3. The molecule has 2 amide bonds. The minimum atomic E-state index is -0.843. The van der Waals surface area contributed by atoms with Crippen molar-refractivity contribution in [2.45, 2.75) is 32.2 Å². The minimum Gasteiger partial charge on any atom is -0.368 e. The fourth-order valence-corrected chi connectivity index (χ4v) is 1.86. The number of amides is 2. The first-order valence-electron chi connectivity index (χ1n) is 6.63. The average Bonchev–Trinajstić information content (AvgIpc) is 3.09. The maximum Gasteiger partial charge on any atom is 0.274 e. The van der Waals surface area contributed by atoms with Gasteiger partial charge in [-0.1, -0.05) is 12.1 Å². The van der Waals surface area contributed by atoms with Gasteiger partial charge in [0.2, 0.25) is 5.91 Å². The van der Waals surface area contributed by atoms with Crippen LogP contribution in [0.25, 0.3) is 0 Å². The lowest BCUT2D eigenvalue weighted by atomic mass is 10.1. The van der Waals surface area contributed by atoms with Gasteiger partial charge in [-0.05, 0) is 6.42 Å². The van der Waals surface area contributed by atoms with E-state index in [4.69, 9.17) is 10.3 Å².